The van der Waals surface area contributed by atoms with E-state index in [0.29, 0.717) is 10.9 Å². The Bertz CT molecular complexity index is 583. The molecule has 100 valence electrons. The van der Waals surface area contributed by atoms with Gasteiger partial charge in [0.25, 0.3) is 0 Å². The Balaban J connectivity index is 2.19. The van der Waals surface area contributed by atoms with Gasteiger partial charge >= 0.3 is 5.97 Å². The quantitative estimate of drug-likeness (QED) is 0.633. The van der Waals surface area contributed by atoms with Crippen molar-refractivity contribution < 1.29 is 9.90 Å². The number of rotatable bonds is 6. The Hall–Kier alpha value is -1.55. The molecule has 0 radical (unpaired) electrons. The van der Waals surface area contributed by atoms with Crippen molar-refractivity contribution in [2.24, 2.45) is 0 Å². The number of pyridine rings is 1. The van der Waals surface area contributed by atoms with Gasteiger partial charge in [-0.15, -0.1) is 11.8 Å². The minimum Gasteiger partial charge on any atom is -0.478 e. The molecule has 1 aromatic carbocycles. The normalized spacial score (nSPS) is 10.8. The van der Waals surface area contributed by atoms with Crippen molar-refractivity contribution in [1.29, 1.82) is 0 Å². The number of hydrogen-bond donors (Lipinski definition) is 1. The summed E-state index contributed by atoms with van der Waals surface area (Å²) >= 11 is 1.73. The topological polar surface area (TPSA) is 50.2 Å². The van der Waals surface area contributed by atoms with Crippen LogP contribution in [0.1, 0.15) is 36.5 Å². The number of carboxylic acid groups (broad SMARTS) is 1. The predicted molar refractivity (Wildman–Crippen MR) is 79.0 cm³/mol. The molecular formula is C15H17NO2S. The van der Waals surface area contributed by atoms with Crippen LogP contribution in [0.15, 0.2) is 35.4 Å². The van der Waals surface area contributed by atoms with Crippen molar-refractivity contribution in [2.45, 2.75) is 31.2 Å². The van der Waals surface area contributed by atoms with Crippen molar-refractivity contribution in [3.05, 3.63) is 35.9 Å². The highest BCUT2D eigenvalue weighted by atomic mass is 32.2. The van der Waals surface area contributed by atoms with Gasteiger partial charge in [0, 0.05) is 5.39 Å². The molecule has 0 atom stereocenters. The lowest BCUT2D eigenvalue weighted by Crippen LogP contribution is -1.98. The highest BCUT2D eigenvalue weighted by molar-refractivity contribution is 7.99. The van der Waals surface area contributed by atoms with Crippen molar-refractivity contribution >= 4 is 28.6 Å². The summed E-state index contributed by atoms with van der Waals surface area (Å²) in [6.07, 6.45) is 3.65. The largest absolute Gasteiger partial charge is 0.478 e. The Kier molecular flexibility index (Phi) is 4.80. The molecule has 0 bridgehead atoms. The minimum atomic E-state index is -0.907. The number of thioether (sulfide) groups is 1. The van der Waals surface area contributed by atoms with E-state index in [1.54, 1.807) is 23.9 Å². The van der Waals surface area contributed by atoms with E-state index < -0.39 is 5.97 Å². The molecule has 2 aromatic rings. The average Bonchev–Trinajstić information content (AvgIpc) is 2.42. The second-order valence-corrected chi connectivity index (χ2v) is 5.50. The number of hydrogen-bond acceptors (Lipinski definition) is 3. The number of unbranched alkanes of at least 4 members (excludes halogenated alkanes) is 2. The molecule has 0 amide bonds. The number of aromatic carboxylic acids is 1. The van der Waals surface area contributed by atoms with Crippen LogP contribution in [0.2, 0.25) is 0 Å². The first kappa shape index (κ1) is 13.9. The van der Waals surface area contributed by atoms with E-state index in [2.05, 4.69) is 11.9 Å². The van der Waals surface area contributed by atoms with Gasteiger partial charge in [0.1, 0.15) is 0 Å². The standard InChI is InChI=1S/C15H17NO2S/c1-2-3-4-10-19-14-9-8-11-12(15(17)18)6-5-7-13(11)16-14/h5-9H,2-4,10H2,1H3,(H,17,18). The van der Waals surface area contributed by atoms with E-state index in [1.807, 2.05) is 18.2 Å². The Morgan fingerprint density at radius 1 is 1.26 bits per heavy atom. The molecule has 1 N–H and O–H groups in total. The molecule has 0 aliphatic rings. The highest BCUT2D eigenvalue weighted by Gasteiger charge is 2.09. The molecule has 1 aromatic heterocycles. The van der Waals surface area contributed by atoms with Crippen molar-refractivity contribution in [1.82, 2.24) is 4.98 Å². The summed E-state index contributed by atoms with van der Waals surface area (Å²) in [6, 6.07) is 8.97. The molecule has 1 heterocycles. The first-order chi connectivity index (χ1) is 9.22. The van der Waals surface area contributed by atoms with E-state index in [1.165, 1.54) is 19.3 Å². The Morgan fingerprint density at radius 3 is 2.84 bits per heavy atom. The van der Waals surface area contributed by atoms with Gasteiger partial charge in [-0.3, -0.25) is 0 Å². The van der Waals surface area contributed by atoms with Gasteiger partial charge in [-0.2, -0.15) is 0 Å². The molecule has 4 heteroatoms. The van der Waals surface area contributed by atoms with Gasteiger partial charge in [-0.1, -0.05) is 25.8 Å². The van der Waals surface area contributed by atoms with Gasteiger partial charge in [0.15, 0.2) is 0 Å². The van der Waals surface area contributed by atoms with Crippen LogP contribution in [0.3, 0.4) is 0 Å². The zero-order valence-corrected chi connectivity index (χ0v) is 11.7. The van der Waals surface area contributed by atoms with Crippen LogP contribution in [0.4, 0.5) is 0 Å². The zero-order chi connectivity index (χ0) is 13.7. The highest BCUT2D eigenvalue weighted by Crippen LogP contribution is 2.23. The molecule has 0 saturated heterocycles. The molecule has 0 aliphatic heterocycles. The number of carboxylic acids is 1. The second kappa shape index (κ2) is 6.57. The maximum Gasteiger partial charge on any atom is 0.336 e. The van der Waals surface area contributed by atoms with Crippen LogP contribution in [-0.4, -0.2) is 21.8 Å². The Labute approximate surface area is 117 Å². The summed E-state index contributed by atoms with van der Waals surface area (Å²) in [4.78, 5) is 15.6. The van der Waals surface area contributed by atoms with Crippen LogP contribution in [0.25, 0.3) is 10.9 Å². The van der Waals surface area contributed by atoms with E-state index in [4.69, 9.17) is 5.11 Å². The molecule has 0 saturated carbocycles. The number of benzene rings is 1. The fraction of sp³-hybridized carbons (Fsp3) is 0.333. The summed E-state index contributed by atoms with van der Waals surface area (Å²) < 4.78 is 0. The molecule has 19 heavy (non-hydrogen) atoms. The summed E-state index contributed by atoms with van der Waals surface area (Å²) in [5.41, 5.74) is 1.06. The fourth-order valence-corrected chi connectivity index (χ4v) is 2.82. The van der Waals surface area contributed by atoms with Crippen molar-refractivity contribution in [3.63, 3.8) is 0 Å². The third-order valence-electron chi connectivity index (χ3n) is 2.93. The number of nitrogens with zero attached hydrogens (tertiary/aromatic N) is 1. The fourth-order valence-electron chi connectivity index (χ4n) is 1.93. The SMILES string of the molecule is CCCCCSc1ccc2c(C(=O)O)cccc2n1. The van der Waals surface area contributed by atoms with E-state index >= 15 is 0 Å². The van der Waals surface area contributed by atoms with Crippen LogP contribution in [0.5, 0.6) is 0 Å². The Morgan fingerprint density at radius 2 is 2.11 bits per heavy atom. The lowest BCUT2D eigenvalue weighted by atomic mass is 10.1. The van der Waals surface area contributed by atoms with E-state index in [9.17, 15) is 4.79 Å². The monoisotopic (exact) mass is 275 g/mol. The van der Waals surface area contributed by atoms with Gasteiger partial charge in [-0.05, 0) is 36.4 Å². The number of carbonyl (C=O) groups is 1. The minimum absolute atomic E-state index is 0.313. The molecule has 3 nitrogen and oxygen atoms in total. The third kappa shape index (κ3) is 3.47. The lowest BCUT2D eigenvalue weighted by molar-refractivity contribution is 0.0699. The summed E-state index contributed by atoms with van der Waals surface area (Å²) in [7, 11) is 0. The van der Waals surface area contributed by atoms with E-state index in [0.717, 1.165) is 16.3 Å². The maximum atomic E-state index is 11.1. The van der Waals surface area contributed by atoms with Crippen LogP contribution in [-0.2, 0) is 0 Å². The molecule has 0 aliphatic carbocycles. The second-order valence-electron chi connectivity index (χ2n) is 4.38. The smallest absolute Gasteiger partial charge is 0.336 e. The van der Waals surface area contributed by atoms with Gasteiger partial charge < -0.3 is 5.11 Å². The average molecular weight is 275 g/mol. The molecule has 0 spiro atoms. The van der Waals surface area contributed by atoms with Crippen LogP contribution < -0.4 is 0 Å². The maximum absolute atomic E-state index is 11.1. The number of fused-ring (bicyclic) bond motifs is 1. The summed E-state index contributed by atoms with van der Waals surface area (Å²) in [5.74, 6) is 0.154. The molecule has 2 rings (SSSR count). The zero-order valence-electron chi connectivity index (χ0n) is 10.9. The van der Waals surface area contributed by atoms with Gasteiger partial charge in [-0.25, -0.2) is 9.78 Å². The molecular weight excluding hydrogens is 258 g/mol. The molecule has 0 fully saturated rings. The van der Waals surface area contributed by atoms with Crippen LogP contribution in [0, 0.1) is 0 Å². The first-order valence-electron chi connectivity index (χ1n) is 6.48. The third-order valence-corrected chi connectivity index (χ3v) is 3.95. The lowest BCUT2D eigenvalue weighted by Gasteiger charge is -2.05. The summed E-state index contributed by atoms with van der Waals surface area (Å²) in [6.45, 7) is 2.19. The predicted octanol–water partition coefficient (Wildman–Crippen LogP) is 4.22. The number of aromatic nitrogens is 1. The molecule has 0 unspecified atom stereocenters. The van der Waals surface area contributed by atoms with Gasteiger partial charge in [0.2, 0.25) is 0 Å². The van der Waals surface area contributed by atoms with E-state index in [-0.39, 0.29) is 0 Å². The van der Waals surface area contributed by atoms with Gasteiger partial charge in [0.05, 0.1) is 16.1 Å². The first-order valence-corrected chi connectivity index (χ1v) is 7.47. The van der Waals surface area contributed by atoms with Crippen LogP contribution >= 0.6 is 11.8 Å². The van der Waals surface area contributed by atoms with Crippen molar-refractivity contribution in [3.8, 4) is 0 Å². The summed E-state index contributed by atoms with van der Waals surface area (Å²) in [5, 5.41) is 10.8. The van der Waals surface area contributed by atoms with Crippen molar-refractivity contribution in [2.75, 3.05) is 5.75 Å².